The molecule has 2 aromatic rings. The van der Waals surface area contributed by atoms with E-state index in [4.69, 9.17) is 15.2 Å². The van der Waals surface area contributed by atoms with Gasteiger partial charge in [0.2, 0.25) is 0 Å². The van der Waals surface area contributed by atoms with Crippen molar-refractivity contribution in [2.24, 2.45) is 5.73 Å². The number of hydrogen-bond donors (Lipinski definition) is 1. The van der Waals surface area contributed by atoms with Gasteiger partial charge in [-0.15, -0.1) is 11.3 Å². The third-order valence-corrected chi connectivity index (χ3v) is 3.18. The van der Waals surface area contributed by atoms with E-state index < -0.39 is 0 Å². The fourth-order valence-electron chi connectivity index (χ4n) is 1.61. The maximum absolute atomic E-state index is 5.82. The summed E-state index contributed by atoms with van der Waals surface area (Å²) < 4.78 is 11.4. The number of hydrogen-bond acceptors (Lipinski definition) is 5. The molecule has 1 aromatic heterocycles. The number of thiazole rings is 1. The van der Waals surface area contributed by atoms with Crippen LogP contribution in [0.15, 0.2) is 29.9 Å². The zero-order chi connectivity index (χ0) is 12.8. The standard InChI is InChI=1S/C13H16N2O2S/c1-2-16-12-5-3-4-10(6-14)13(12)17-8-11-7-15-9-18-11/h3-5,7,9H,2,6,8,14H2,1H3. The van der Waals surface area contributed by atoms with Crippen molar-refractivity contribution in [1.29, 1.82) is 0 Å². The van der Waals surface area contributed by atoms with Crippen molar-refractivity contribution >= 4 is 11.3 Å². The van der Waals surface area contributed by atoms with Crippen LogP contribution in [-0.4, -0.2) is 11.6 Å². The second-order valence-electron chi connectivity index (χ2n) is 3.64. The molecule has 0 radical (unpaired) electrons. The van der Waals surface area contributed by atoms with Gasteiger partial charge < -0.3 is 15.2 Å². The summed E-state index contributed by atoms with van der Waals surface area (Å²) in [5, 5.41) is 0. The molecule has 4 nitrogen and oxygen atoms in total. The molecule has 5 heteroatoms. The lowest BCUT2D eigenvalue weighted by atomic mass is 10.2. The summed E-state index contributed by atoms with van der Waals surface area (Å²) in [5.41, 5.74) is 8.46. The summed E-state index contributed by atoms with van der Waals surface area (Å²) in [6, 6.07) is 5.77. The Hall–Kier alpha value is -1.59. The van der Waals surface area contributed by atoms with Gasteiger partial charge in [0.15, 0.2) is 11.5 Å². The fraction of sp³-hybridized carbons (Fsp3) is 0.308. The molecule has 0 atom stereocenters. The minimum Gasteiger partial charge on any atom is -0.490 e. The second-order valence-corrected chi connectivity index (χ2v) is 4.61. The van der Waals surface area contributed by atoms with Gasteiger partial charge in [0.25, 0.3) is 0 Å². The van der Waals surface area contributed by atoms with E-state index in [0.717, 1.165) is 21.9 Å². The Kier molecular flexibility index (Phi) is 4.55. The van der Waals surface area contributed by atoms with Crippen molar-refractivity contribution < 1.29 is 9.47 Å². The fourth-order valence-corrected chi connectivity index (χ4v) is 2.12. The van der Waals surface area contributed by atoms with Gasteiger partial charge in [0.1, 0.15) is 6.61 Å². The molecule has 1 heterocycles. The van der Waals surface area contributed by atoms with Crippen LogP contribution in [0.25, 0.3) is 0 Å². The molecular formula is C13H16N2O2S. The van der Waals surface area contributed by atoms with Crippen LogP contribution in [0.3, 0.4) is 0 Å². The molecule has 0 aliphatic carbocycles. The average molecular weight is 264 g/mol. The molecule has 0 amide bonds. The lowest BCUT2D eigenvalue weighted by Crippen LogP contribution is -2.05. The minimum absolute atomic E-state index is 0.430. The lowest BCUT2D eigenvalue weighted by molar-refractivity contribution is 0.268. The zero-order valence-electron chi connectivity index (χ0n) is 10.3. The summed E-state index contributed by atoms with van der Waals surface area (Å²) in [5.74, 6) is 1.47. The van der Waals surface area contributed by atoms with E-state index in [2.05, 4.69) is 4.98 Å². The summed E-state index contributed by atoms with van der Waals surface area (Å²) in [4.78, 5) is 5.09. The molecule has 0 unspecified atom stereocenters. The van der Waals surface area contributed by atoms with Crippen LogP contribution in [0.4, 0.5) is 0 Å². The highest BCUT2D eigenvalue weighted by atomic mass is 32.1. The Bertz CT molecular complexity index is 486. The predicted octanol–water partition coefficient (Wildman–Crippen LogP) is 2.58. The molecule has 18 heavy (non-hydrogen) atoms. The maximum Gasteiger partial charge on any atom is 0.166 e. The Labute approximate surface area is 110 Å². The van der Waals surface area contributed by atoms with Gasteiger partial charge >= 0.3 is 0 Å². The number of aromatic nitrogens is 1. The molecule has 0 bridgehead atoms. The van der Waals surface area contributed by atoms with E-state index in [1.807, 2.05) is 25.1 Å². The number of rotatable bonds is 6. The van der Waals surface area contributed by atoms with Crippen molar-refractivity contribution in [1.82, 2.24) is 4.98 Å². The van der Waals surface area contributed by atoms with Crippen LogP contribution in [-0.2, 0) is 13.2 Å². The predicted molar refractivity (Wildman–Crippen MR) is 71.9 cm³/mol. The summed E-state index contributed by atoms with van der Waals surface area (Å²) in [6.45, 7) is 3.47. The quantitative estimate of drug-likeness (QED) is 0.871. The topological polar surface area (TPSA) is 57.4 Å². The highest BCUT2D eigenvalue weighted by Gasteiger charge is 2.10. The van der Waals surface area contributed by atoms with Crippen LogP contribution in [0.5, 0.6) is 11.5 Å². The molecule has 2 N–H and O–H groups in total. The molecule has 2 rings (SSSR count). The highest BCUT2D eigenvalue weighted by molar-refractivity contribution is 7.09. The van der Waals surface area contributed by atoms with Gasteiger partial charge in [-0.05, 0) is 13.0 Å². The van der Waals surface area contributed by atoms with Crippen molar-refractivity contribution in [3.8, 4) is 11.5 Å². The van der Waals surface area contributed by atoms with Crippen molar-refractivity contribution in [2.45, 2.75) is 20.1 Å². The molecule has 0 spiro atoms. The van der Waals surface area contributed by atoms with Crippen LogP contribution >= 0.6 is 11.3 Å². The number of nitrogens with two attached hydrogens (primary N) is 1. The van der Waals surface area contributed by atoms with Crippen molar-refractivity contribution in [2.75, 3.05) is 6.61 Å². The zero-order valence-corrected chi connectivity index (χ0v) is 11.1. The first-order valence-electron chi connectivity index (χ1n) is 5.80. The molecule has 0 fully saturated rings. The third-order valence-electron chi connectivity index (χ3n) is 2.42. The van der Waals surface area contributed by atoms with E-state index in [0.29, 0.717) is 19.8 Å². The van der Waals surface area contributed by atoms with Gasteiger partial charge in [0, 0.05) is 18.3 Å². The molecular weight excluding hydrogens is 248 g/mol. The van der Waals surface area contributed by atoms with Gasteiger partial charge in [-0.1, -0.05) is 12.1 Å². The van der Waals surface area contributed by atoms with E-state index in [1.54, 1.807) is 23.0 Å². The Morgan fingerprint density at radius 2 is 2.22 bits per heavy atom. The Balaban J connectivity index is 2.18. The van der Waals surface area contributed by atoms with Gasteiger partial charge in [-0.25, -0.2) is 0 Å². The largest absolute Gasteiger partial charge is 0.490 e. The lowest BCUT2D eigenvalue weighted by Gasteiger charge is -2.14. The van der Waals surface area contributed by atoms with Crippen molar-refractivity contribution in [3.05, 3.63) is 40.3 Å². The molecule has 0 aliphatic heterocycles. The number of nitrogens with zero attached hydrogens (tertiary/aromatic N) is 1. The SMILES string of the molecule is CCOc1cccc(CN)c1OCc1cncs1. The second kappa shape index (κ2) is 6.37. The van der Waals surface area contributed by atoms with E-state index >= 15 is 0 Å². The molecule has 0 saturated carbocycles. The highest BCUT2D eigenvalue weighted by Crippen LogP contribution is 2.32. The number of ether oxygens (including phenoxy) is 2. The van der Waals surface area contributed by atoms with E-state index in [9.17, 15) is 0 Å². The molecule has 0 saturated heterocycles. The molecule has 96 valence electrons. The van der Waals surface area contributed by atoms with Gasteiger partial charge in [0.05, 0.1) is 17.0 Å². The van der Waals surface area contributed by atoms with Crippen LogP contribution in [0.2, 0.25) is 0 Å². The smallest absolute Gasteiger partial charge is 0.166 e. The molecule has 1 aromatic carbocycles. The maximum atomic E-state index is 5.82. The van der Waals surface area contributed by atoms with Crippen LogP contribution in [0.1, 0.15) is 17.4 Å². The monoisotopic (exact) mass is 264 g/mol. The average Bonchev–Trinajstić information content (AvgIpc) is 2.90. The van der Waals surface area contributed by atoms with Gasteiger partial charge in [-0.2, -0.15) is 0 Å². The van der Waals surface area contributed by atoms with Crippen molar-refractivity contribution in [3.63, 3.8) is 0 Å². The van der Waals surface area contributed by atoms with Gasteiger partial charge in [-0.3, -0.25) is 4.98 Å². The Morgan fingerprint density at radius 3 is 2.89 bits per heavy atom. The first kappa shape index (κ1) is 12.9. The van der Waals surface area contributed by atoms with E-state index in [-0.39, 0.29) is 0 Å². The van der Waals surface area contributed by atoms with Crippen LogP contribution in [0, 0.1) is 0 Å². The first-order valence-corrected chi connectivity index (χ1v) is 6.68. The number of para-hydroxylation sites is 1. The van der Waals surface area contributed by atoms with Crippen LogP contribution < -0.4 is 15.2 Å². The third kappa shape index (κ3) is 3.00. The molecule has 0 aliphatic rings. The summed E-state index contributed by atoms with van der Waals surface area (Å²) >= 11 is 1.57. The number of benzene rings is 1. The normalized spacial score (nSPS) is 10.3. The Morgan fingerprint density at radius 1 is 1.33 bits per heavy atom. The summed E-state index contributed by atoms with van der Waals surface area (Å²) in [6.07, 6.45) is 1.80. The van der Waals surface area contributed by atoms with E-state index in [1.165, 1.54) is 0 Å². The first-order chi connectivity index (χ1) is 8.85. The summed E-state index contributed by atoms with van der Waals surface area (Å²) in [7, 11) is 0. The minimum atomic E-state index is 0.430.